The number of hydrogen-bond donors (Lipinski definition) is 1. The monoisotopic (exact) mass is 299 g/mol. The van der Waals surface area contributed by atoms with Crippen LogP contribution in [0.25, 0.3) is 0 Å². The Morgan fingerprint density at radius 1 is 1.32 bits per heavy atom. The molecule has 0 unspecified atom stereocenters. The first-order valence-electron chi connectivity index (χ1n) is 5.87. The van der Waals surface area contributed by atoms with E-state index in [0.717, 1.165) is 24.6 Å². The fraction of sp³-hybridized carbons (Fsp3) is 0.333. The average molecular weight is 299 g/mol. The zero-order valence-electron chi connectivity index (χ0n) is 9.90. The molecule has 19 heavy (non-hydrogen) atoms. The topological polar surface area (TPSA) is 37.8 Å². The fourth-order valence-corrected chi connectivity index (χ4v) is 3.08. The molecule has 0 amide bonds. The summed E-state index contributed by atoms with van der Waals surface area (Å²) in [4.78, 5) is -0.0214. The summed E-state index contributed by atoms with van der Waals surface area (Å²) >= 11 is 2.22. The van der Waals surface area contributed by atoms with Crippen molar-refractivity contribution in [3.8, 4) is 0 Å². The third-order valence-corrected chi connectivity index (χ3v) is 4.63. The molecule has 1 aliphatic carbocycles. The summed E-state index contributed by atoms with van der Waals surface area (Å²) < 4.78 is 28.4. The number of halogens is 2. The molecule has 0 atom stereocenters. The quantitative estimate of drug-likeness (QED) is 0.920. The van der Waals surface area contributed by atoms with Gasteiger partial charge in [0.1, 0.15) is 17.1 Å². The van der Waals surface area contributed by atoms with Crippen LogP contribution in [0, 0.1) is 11.6 Å². The first-order chi connectivity index (χ1) is 9.22. The van der Waals surface area contributed by atoms with E-state index in [-0.39, 0.29) is 4.90 Å². The van der Waals surface area contributed by atoms with E-state index in [9.17, 15) is 8.78 Å². The van der Waals surface area contributed by atoms with Gasteiger partial charge >= 0.3 is 0 Å². The second-order valence-electron chi connectivity index (χ2n) is 4.35. The lowest BCUT2D eigenvalue weighted by atomic mass is 10.2. The van der Waals surface area contributed by atoms with Gasteiger partial charge in [0.15, 0.2) is 4.34 Å². The Morgan fingerprint density at radius 2 is 2.05 bits per heavy atom. The van der Waals surface area contributed by atoms with Crippen LogP contribution in [0.2, 0.25) is 0 Å². The number of rotatable bonds is 5. The van der Waals surface area contributed by atoms with Gasteiger partial charge in [-0.15, -0.1) is 10.2 Å². The zero-order valence-corrected chi connectivity index (χ0v) is 11.5. The maximum Gasteiger partial charge on any atom is 0.179 e. The van der Waals surface area contributed by atoms with Gasteiger partial charge in [0.2, 0.25) is 0 Å². The predicted octanol–water partition coefficient (Wildman–Crippen LogP) is 3.22. The van der Waals surface area contributed by atoms with Gasteiger partial charge < -0.3 is 5.32 Å². The van der Waals surface area contributed by atoms with Crippen molar-refractivity contribution >= 4 is 23.1 Å². The molecule has 1 aromatic carbocycles. The molecule has 0 bridgehead atoms. The van der Waals surface area contributed by atoms with Crippen molar-refractivity contribution in [2.45, 2.75) is 34.7 Å². The highest BCUT2D eigenvalue weighted by Crippen LogP contribution is 2.33. The Kier molecular flexibility index (Phi) is 3.76. The summed E-state index contributed by atoms with van der Waals surface area (Å²) in [5, 5.41) is 10.6. The molecule has 3 rings (SSSR count). The van der Waals surface area contributed by atoms with Crippen LogP contribution in [0.3, 0.4) is 0 Å². The maximum atomic E-state index is 13.9. The molecule has 0 saturated heterocycles. The fourth-order valence-electron chi connectivity index (χ4n) is 1.66. The summed E-state index contributed by atoms with van der Waals surface area (Å²) in [6, 6.07) is 3.27. The van der Waals surface area contributed by atoms with Crippen LogP contribution in [0.15, 0.2) is 26.9 Å². The van der Waals surface area contributed by atoms with Crippen LogP contribution in [-0.4, -0.2) is 16.2 Å². The van der Waals surface area contributed by atoms with E-state index in [2.05, 4.69) is 15.5 Å². The molecular weight excluding hydrogens is 288 g/mol. The molecule has 1 heterocycles. The lowest BCUT2D eigenvalue weighted by Crippen LogP contribution is -2.15. The van der Waals surface area contributed by atoms with Crippen LogP contribution in [0.4, 0.5) is 8.78 Å². The van der Waals surface area contributed by atoms with E-state index in [1.54, 1.807) is 0 Å². The standard InChI is InChI=1S/C12H11F2N3S2/c13-9-3-7(5-15-8-1-2-8)4-10(14)11(9)19-12-17-16-6-18-12/h3-4,6,8,15H,1-2,5H2. The van der Waals surface area contributed by atoms with Gasteiger partial charge in [-0.3, -0.25) is 0 Å². The smallest absolute Gasteiger partial charge is 0.179 e. The molecule has 0 aliphatic heterocycles. The number of nitrogens with zero attached hydrogens (tertiary/aromatic N) is 2. The number of hydrogen-bond acceptors (Lipinski definition) is 5. The Balaban J connectivity index is 1.76. The van der Waals surface area contributed by atoms with Gasteiger partial charge in [-0.2, -0.15) is 0 Å². The van der Waals surface area contributed by atoms with E-state index in [4.69, 9.17) is 0 Å². The normalized spacial score (nSPS) is 14.8. The first-order valence-corrected chi connectivity index (χ1v) is 7.57. The maximum absolute atomic E-state index is 13.9. The molecule has 1 saturated carbocycles. The van der Waals surface area contributed by atoms with Gasteiger partial charge in [0, 0.05) is 12.6 Å². The van der Waals surface area contributed by atoms with Gasteiger partial charge in [-0.05, 0) is 30.5 Å². The molecule has 0 radical (unpaired) electrons. The van der Waals surface area contributed by atoms with Crippen molar-refractivity contribution in [1.29, 1.82) is 0 Å². The second-order valence-corrected chi connectivity index (χ2v) is 6.44. The predicted molar refractivity (Wildman–Crippen MR) is 70.3 cm³/mol. The highest BCUT2D eigenvalue weighted by molar-refractivity contribution is 8.01. The summed E-state index contributed by atoms with van der Waals surface area (Å²) in [6.07, 6.45) is 2.30. The molecule has 2 aromatic rings. The van der Waals surface area contributed by atoms with E-state index in [0.29, 0.717) is 22.5 Å². The van der Waals surface area contributed by atoms with Gasteiger partial charge in [-0.25, -0.2) is 8.78 Å². The summed E-state index contributed by atoms with van der Waals surface area (Å²) in [6.45, 7) is 0.502. The van der Waals surface area contributed by atoms with E-state index in [1.165, 1.54) is 29.0 Å². The molecule has 1 N–H and O–H groups in total. The Hall–Kier alpha value is -1.05. The molecule has 1 aliphatic rings. The minimum atomic E-state index is -0.548. The average Bonchev–Trinajstić information content (AvgIpc) is 3.07. The molecule has 100 valence electrons. The highest BCUT2D eigenvalue weighted by atomic mass is 32.2. The third-order valence-electron chi connectivity index (χ3n) is 2.76. The first kappa shape index (κ1) is 13.0. The van der Waals surface area contributed by atoms with Gasteiger partial charge in [-0.1, -0.05) is 23.1 Å². The number of nitrogens with one attached hydrogen (secondary N) is 1. The molecule has 3 nitrogen and oxygen atoms in total. The van der Waals surface area contributed by atoms with E-state index < -0.39 is 11.6 Å². The number of aromatic nitrogens is 2. The molecular formula is C12H11F2N3S2. The van der Waals surface area contributed by atoms with Crippen molar-refractivity contribution in [2.24, 2.45) is 0 Å². The SMILES string of the molecule is Fc1cc(CNC2CC2)cc(F)c1Sc1nncs1. The Labute approximate surface area is 117 Å². The minimum absolute atomic E-state index is 0.0214. The summed E-state index contributed by atoms with van der Waals surface area (Å²) in [5.41, 5.74) is 2.16. The van der Waals surface area contributed by atoms with Crippen molar-refractivity contribution in [2.75, 3.05) is 0 Å². The lowest BCUT2D eigenvalue weighted by Gasteiger charge is -2.07. The zero-order chi connectivity index (χ0) is 13.2. The van der Waals surface area contributed by atoms with Crippen LogP contribution in [0.1, 0.15) is 18.4 Å². The van der Waals surface area contributed by atoms with Gasteiger partial charge in [0.05, 0.1) is 4.90 Å². The molecule has 1 aromatic heterocycles. The van der Waals surface area contributed by atoms with Crippen LogP contribution in [-0.2, 0) is 6.54 Å². The lowest BCUT2D eigenvalue weighted by molar-refractivity contribution is 0.534. The third kappa shape index (κ3) is 3.29. The Morgan fingerprint density at radius 3 is 2.63 bits per heavy atom. The minimum Gasteiger partial charge on any atom is -0.310 e. The van der Waals surface area contributed by atoms with E-state index in [1.807, 2.05) is 0 Å². The van der Waals surface area contributed by atoms with Crippen molar-refractivity contribution in [3.05, 3.63) is 34.8 Å². The molecule has 1 fully saturated rings. The van der Waals surface area contributed by atoms with E-state index >= 15 is 0 Å². The largest absolute Gasteiger partial charge is 0.310 e. The highest BCUT2D eigenvalue weighted by Gasteiger charge is 2.21. The second kappa shape index (κ2) is 5.52. The Bertz CT molecular complexity index is 547. The van der Waals surface area contributed by atoms with Crippen molar-refractivity contribution in [1.82, 2.24) is 15.5 Å². The molecule has 0 spiro atoms. The van der Waals surface area contributed by atoms with Crippen LogP contribution in [0.5, 0.6) is 0 Å². The van der Waals surface area contributed by atoms with Gasteiger partial charge in [0.25, 0.3) is 0 Å². The number of benzene rings is 1. The summed E-state index contributed by atoms with van der Waals surface area (Å²) in [7, 11) is 0. The van der Waals surface area contributed by atoms with Crippen molar-refractivity contribution < 1.29 is 8.78 Å². The van der Waals surface area contributed by atoms with Crippen LogP contribution < -0.4 is 5.32 Å². The van der Waals surface area contributed by atoms with Crippen LogP contribution >= 0.6 is 23.1 Å². The summed E-state index contributed by atoms with van der Waals surface area (Å²) in [5.74, 6) is -1.10. The van der Waals surface area contributed by atoms with Crippen molar-refractivity contribution in [3.63, 3.8) is 0 Å². The molecule has 7 heteroatoms.